The molecule has 0 saturated carbocycles. The van der Waals surface area contributed by atoms with E-state index < -0.39 is 5.82 Å². The highest BCUT2D eigenvalue weighted by Gasteiger charge is 2.33. The molecule has 1 aromatic carbocycles. The van der Waals surface area contributed by atoms with Gasteiger partial charge in [0.2, 0.25) is 0 Å². The predicted octanol–water partition coefficient (Wildman–Crippen LogP) is 2.10. The molecule has 2 bridgehead atoms. The number of ketones is 1. The van der Waals surface area contributed by atoms with Crippen molar-refractivity contribution in [2.75, 3.05) is 13.1 Å². The number of Topliss-reactive ketones (excluding diaryl/α,β-unsaturated/α-hetero) is 1. The predicted molar refractivity (Wildman–Crippen MR) is 71.2 cm³/mol. The van der Waals surface area contributed by atoms with Gasteiger partial charge in [-0.15, -0.1) is 0 Å². The van der Waals surface area contributed by atoms with E-state index in [0.717, 1.165) is 32.0 Å². The van der Waals surface area contributed by atoms with Crippen LogP contribution in [0.2, 0.25) is 0 Å². The lowest BCUT2D eigenvalue weighted by molar-refractivity contribution is -0.0412. The number of benzene rings is 1. The Labute approximate surface area is 117 Å². The highest BCUT2D eigenvalue weighted by Crippen LogP contribution is 2.30. The van der Waals surface area contributed by atoms with Gasteiger partial charge in [0.1, 0.15) is 11.6 Å². The van der Waals surface area contributed by atoms with Gasteiger partial charge < -0.3 is 9.84 Å². The molecule has 108 valence electrons. The largest absolute Gasteiger partial charge is 0.507 e. The van der Waals surface area contributed by atoms with Crippen molar-refractivity contribution in [1.82, 2.24) is 4.90 Å². The molecule has 0 radical (unpaired) electrons. The van der Waals surface area contributed by atoms with Gasteiger partial charge in [-0.1, -0.05) is 0 Å². The Morgan fingerprint density at radius 2 is 2.05 bits per heavy atom. The van der Waals surface area contributed by atoms with Gasteiger partial charge >= 0.3 is 0 Å². The minimum atomic E-state index is -0.487. The molecule has 1 aromatic rings. The molecule has 3 rings (SSSR count). The third-order valence-corrected chi connectivity index (χ3v) is 4.05. The van der Waals surface area contributed by atoms with Gasteiger partial charge in [0.15, 0.2) is 5.78 Å². The van der Waals surface area contributed by atoms with Crippen LogP contribution in [0.5, 0.6) is 5.75 Å². The minimum Gasteiger partial charge on any atom is -0.507 e. The van der Waals surface area contributed by atoms with Gasteiger partial charge in [0.25, 0.3) is 0 Å². The number of rotatable bonds is 3. The number of ether oxygens (including phenoxy) is 1. The first kappa shape index (κ1) is 13.5. The monoisotopic (exact) mass is 279 g/mol. The number of halogens is 1. The lowest BCUT2D eigenvalue weighted by Gasteiger charge is -2.32. The molecule has 2 aliphatic rings. The number of nitrogens with zero attached hydrogens (tertiary/aromatic N) is 1. The van der Waals surface area contributed by atoms with Gasteiger partial charge in [-0.3, -0.25) is 9.69 Å². The first-order chi connectivity index (χ1) is 9.52. The molecule has 1 N–H and O–H groups in total. The van der Waals surface area contributed by atoms with Crippen LogP contribution in [0.15, 0.2) is 12.1 Å². The van der Waals surface area contributed by atoms with Crippen molar-refractivity contribution in [2.24, 2.45) is 0 Å². The second-order valence-electron chi connectivity index (χ2n) is 5.67. The fraction of sp³-hybridized carbons (Fsp3) is 0.533. The third-order valence-electron chi connectivity index (χ3n) is 4.05. The smallest absolute Gasteiger partial charge is 0.163 e. The van der Waals surface area contributed by atoms with Gasteiger partial charge in [-0.25, -0.2) is 4.39 Å². The third kappa shape index (κ3) is 2.55. The second-order valence-corrected chi connectivity index (χ2v) is 5.67. The van der Waals surface area contributed by atoms with E-state index in [-0.39, 0.29) is 29.3 Å². The zero-order chi connectivity index (χ0) is 14.3. The molecular formula is C15H18FNO3. The molecule has 2 saturated heterocycles. The number of hydrogen-bond donors (Lipinski definition) is 1. The maximum absolute atomic E-state index is 13.6. The standard InChI is InChI=1S/C15H18FNO3/c1-9(18)14-5-11(16)4-10(15(14)19)6-17-7-12-2-3-13(8-17)20-12/h4-5,12-13,19H,2-3,6-8H2,1H3. The van der Waals surface area contributed by atoms with E-state index in [1.165, 1.54) is 13.0 Å². The molecule has 0 amide bonds. The number of morpholine rings is 1. The fourth-order valence-electron chi connectivity index (χ4n) is 3.11. The van der Waals surface area contributed by atoms with E-state index in [1.54, 1.807) is 0 Å². The van der Waals surface area contributed by atoms with Gasteiger partial charge in [0, 0.05) is 25.2 Å². The number of phenols is 1. The van der Waals surface area contributed by atoms with Crippen LogP contribution < -0.4 is 0 Å². The summed E-state index contributed by atoms with van der Waals surface area (Å²) in [6.45, 7) is 3.36. The first-order valence-electron chi connectivity index (χ1n) is 6.93. The summed E-state index contributed by atoms with van der Waals surface area (Å²) in [5.74, 6) is -0.915. The quantitative estimate of drug-likeness (QED) is 0.861. The van der Waals surface area contributed by atoms with Crippen LogP contribution in [0.25, 0.3) is 0 Å². The molecule has 0 aromatic heterocycles. The van der Waals surface area contributed by atoms with Crippen molar-refractivity contribution in [3.05, 3.63) is 29.1 Å². The number of hydrogen-bond acceptors (Lipinski definition) is 4. The highest BCUT2D eigenvalue weighted by molar-refractivity contribution is 5.97. The summed E-state index contributed by atoms with van der Waals surface area (Å²) in [4.78, 5) is 13.6. The maximum Gasteiger partial charge on any atom is 0.163 e. The number of likely N-dealkylation sites (tertiary alicyclic amines) is 1. The van der Waals surface area contributed by atoms with Gasteiger partial charge in [-0.2, -0.15) is 0 Å². The summed E-state index contributed by atoms with van der Waals surface area (Å²) < 4.78 is 19.3. The Balaban J connectivity index is 1.82. The molecule has 0 spiro atoms. The summed E-state index contributed by atoms with van der Waals surface area (Å²) in [7, 11) is 0. The molecular weight excluding hydrogens is 261 g/mol. The number of carbonyl (C=O) groups excluding carboxylic acids is 1. The highest BCUT2D eigenvalue weighted by atomic mass is 19.1. The first-order valence-corrected chi connectivity index (χ1v) is 6.93. The van der Waals surface area contributed by atoms with Crippen molar-refractivity contribution in [1.29, 1.82) is 0 Å². The van der Waals surface area contributed by atoms with E-state index in [9.17, 15) is 14.3 Å². The summed E-state index contributed by atoms with van der Waals surface area (Å²) in [5, 5.41) is 10.1. The summed E-state index contributed by atoms with van der Waals surface area (Å²) >= 11 is 0. The molecule has 4 nitrogen and oxygen atoms in total. The van der Waals surface area contributed by atoms with E-state index >= 15 is 0 Å². The van der Waals surface area contributed by atoms with Crippen molar-refractivity contribution in [3.8, 4) is 5.75 Å². The van der Waals surface area contributed by atoms with E-state index in [0.29, 0.717) is 12.1 Å². The fourth-order valence-corrected chi connectivity index (χ4v) is 3.11. The van der Waals surface area contributed by atoms with Gasteiger partial charge in [0.05, 0.1) is 17.8 Å². The number of fused-ring (bicyclic) bond motifs is 2. The summed E-state index contributed by atoms with van der Waals surface area (Å²) in [6, 6.07) is 2.39. The number of carbonyl (C=O) groups is 1. The van der Waals surface area contributed by atoms with Crippen molar-refractivity contribution < 1.29 is 19.0 Å². The van der Waals surface area contributed by atoms with Gasteiger partial charge in [-0.05, 0) is 31.9 Å². The lowest BCUT2D eigenvalue weighted by Crippen LogP contribution is -2.42. The van der Waals surface area contributed by atoms with E-state index in [2.05, 4.69) is 4.90 Å². The van der Waals surface area contributed by atoms with Crippen molar-refractivity contribution in [2.45, 2.75) is 38.5 Å². The lowest BCUT2D eigenvalue weighted by atomic mass is 10.0. The Kier molecular flexibility index (Phi) is 3.48. The van der Waals surface area contributed by atoms with Crippen LogP contribution in [0, 0.1) is 5.82 Å². The van der Waals surface area contributed by atoms with Crippen LogP contribution in [0.1, 0.15) is 35.7 Å². The Bertz CT molecular complexity index is 534. The van der Waals surface area contributed by atoms with E-state index in [1.807, 2.05) is 0 Å². The summed E-state index contributed by atoms with van der Waals surface area (Å²) in [6.07, 6.45) is 2.62. The Morgan fingerprint density at radius 1 is 1.40 bits per heavy atom. The normalized spacial score (nSPS) is 25.9. The molecule has 5 heteroatoms. The van der Waals surface area contributed by atoms with Crippen LogP contribution in [0.3, 0.4) is 0 Å². The molecule has 2 atom stereocenters. The van der Waals surface area contributed by atoms with E-state index in [4.69, 9.17) is 4.74 Å². The number of aromatic hydroxyl groups is 1. The summed E-state index contributed by atoms with van der Waals surface area (Å²) in [5.41, 5.74) is 0.521. The van der Waals surface area contributed by atoms with Crippen LogP contribution in [-0.2, 0) is 11.3 Å². The average molecular weight is 279 g/mol. The van der Waals surface area contributed by atoms with Crippen LogP contribution in [0.4, 0.5) is 4.39 Å². The maximum atomic E-state index is 13.6. The van der Waals surface area contributed by atoms with Crippen LogP contribution in [-0.4, -0.2) is 41.1 Å². The molecule has 2 fully saturated rings. The van der Waals surface area contributed by atoms with Crippen molar-refractivity contribution in [3.63, 3.8) is 0 Å². The van der Waals surface area contributed by atoms with Crippen molar-refractivity contribution >= 4 is 5.78 Å². The Hall–Kier alpha value is -1.46. The molecule has 2 heterocycles. The zero-order valence-corrected chi connectivity index (χ0v) is 11.4. The zero-order valence-electron chi connectivity index (χ0n) is 11.4. The molecule has 20 heavy (non-hydrogen) atoms. The molecule has 0 aliphatic carbocycles. The molecule has 2 aliphatic heterocycles. The molecule has 2 unspecified atom stereocenters. The SMILES string of the molecule is CC(=O)c1cc(F)cc(CN2CC3CCC(C2)O3)c1O. The minimum absolute atomic E-state index is 0.0521. The average Bonchev–Trinajstić information content (AvgIpc) is 2.72. The second kappa shape index (κ2) is 5.14. The Morgan fingerprint density at radius 3 is 2.65 bits per heavy atom. The topological polar surface area (TPSA) is 49.8 Å². The van der Waals surface area contributed by atoms with Crippen LogP contribution >= 0.6 is 0 Å². The number of phenolic OH excluding ortho intramolecular Hbond substituents is 1.